The average molecular weight is 932 g/mol. The van der Waals surface area contributed by atoms with Crippen LogP contribution in [0.3, 0.4) is 0 Å². The lowest BCUT2D eigenvalue weighted by molar-refractivity contribution is -0.143. The molecule has 0 aromatic rings. The van der Waals surface area contributed by atoms with Crippen molar-refractivity contribution in [3.05, 3.63) is 0 Å². The lowest BCUT2D eigenvalue weighted by atomic mass is 9.89. The van der Waals surface area contributed by atoms with E-state index < -0.39 is 0 Å². The number of nitrogens with zero attached hydrogens (tertiary/aromatic N) is 4. The van der Waals surface area contributed by atoms with Crippen LogP contribution >= 0.6 is 0 Å². The van der Waals surface area contributed by atoms with Crippen LogP contribution in [0.2, 0.25) is 0 Å². The standard InChI is InChI=1S/C59H118N4O3/c1-7-12-16-20-24-29-35-45-60(46-36-30-25-21-17-13-8-2)52-53-62(49-38-32-27-23-19-15-10-4)55-58(64)63-50-43-57(44-51-63)42-41-56(6)54-61(47-37-31-26-22-18-14-9-3)48-39-33-28-34-40-59(65)66-11-5/h56-57H,7-55H2,1-6H3. The summed E-state index contributed by atoms with van der Waals surface area (Å²) in [6.07, 6.45) is 48.0. The second-order valence-electron chi connectivity index (χ2n) is 21.4. The van der Waals surface area contributed by atoms with E-state index in [2.05, 4.69) is 54.2 Å². The van der Waals surface area contributed by atoms with E-state index in [0.29, 0.717) is 31.4 Å². The van der Waals surface area contributed by atoms with Crippen molar-refractivity contribution in [2.45, 2.75) is 279 Å². The molecule has 1 fully saturated rings. The van der Waals surface area contributed by atoms with Crippen LogP contribution in [0, 0.1) is 11.8 Å². The van der Waals surface area contributed by atoms with E-state index in [1.807, 2.05) is 6.92 Å². The Hall–Kier alpha value is -1.18. The first-order valence-electron chi connectivity index (χ1n) is 30.0. The van der Waals surface area contributed by atoms with Gasteiger partial charge in [0.05, 0.1) is 13.2 Å². The molecule has 1 heterocycles. The van der Waals surface area contributed by atoms with Gasteiger partial charge in [0.15, 0.2) is 0 Å². The third kappa shape index (κ3) is 38.6. The number of piperidine rings is 1. The third-order valence-electron chi connectivity index (χ3n) is 14.9. The Balaban J connectivity index is 2.69. The summed E-state index contributed by atoms with van der Waals surface area (Å²) in [5.74, 6) is 1.80. The number of carbonyl (C=O) groups excluding carboxylic acids is 2. The highest BCUT2D eigenvalue weighted by Gasteiger charge is 2.25. The Kier molecular flexibility index (Phi) is 45.2. The van der Waals surface area contributed by atoms with Gasteiger partial charge in [-0.05, 0) is 109 Å². The molecule has 0 radical (unpaired) electrons. The summed E-state index contributed by atoms with van der Waals surface area (Å²) in [6, 6.07) is 0. The second kappa shape index (κ2) is 47.5. The number of hydrogen-bond acceptors (Lipinski definition) is 6. The van der Waals surface area contributed by atoms with Gasteiger partial charge in [0.1, 0.15) is 0 Å². The molecule has 66 heavy (non-hydrogen) atoms. The highest BCUT2D eigenvalue weighted by atomic mass is 16.5. The Labute approximate surface area is 413 Å². The number of esters is 1. The van der Waals surface area contributed by atoms with Crippen molar-refractivity contribution in [1.29, 1.82) is 0 Å². The first kappa shape index (κ1) is 62.8. The molecule has 1 aliphatic heterocycles. The van der Waals surface area contributed by atoms with Crippen molar-refractivity contribution in [2.24, 2.45) is 11.8 Å². The second-order valence-corrected chi connectivity index (χ2v) is 21.4. The molecule has 0 aromatic carbocycles. The average Bonchev–Trinajstić information content (AvgIpc) is 3.32. The number of carbonyl (C=O) groups is 2. The van der Waals surface area contributed by atoms with Gasteiger partial charge in [0.25, 0.3) is 0 Å². The van der Waals surface area contributed by atoms with E-state index in [9.17, 15) is 9.59 Å². The summed E-state index contributed by atoms with van der Waals surface area (Å²) in [5.41, 5.74) is 0. The highest BCUT2D eigenvalue weighted by Crippen LogP contribution is 2.25. The van der Waals surface area contributed by atoms with E-state index >= 15 is 0 Å². The molecule has 7 heteroatoms. The smallest absolute Gasteiger partial charge is 0.305 e. The van der Waals surface area contributed by atoms with Crippen LogP contribution in [0.15, 0.2) is 0 Å². The van der Waals surface area contributed by atoms with Crippen LogP contribution in [-0.2, 0) is 14.3 Å². The van der Waals surface area contributed by atoms with Gasteiger partial charge >= 0.3 is 5.97 Å². The fraction of sp³-hybridized carbons (Fsp3) is 0.966. The van der Waals surface area contributed by atoms with Gasteiger partial charge in [0, 0.05) is 39.1 Å². The molecule has 0 bridgehead atoms. The van der Waals surface area contributed by atoms with Crippen LogP contribution in [0.25, 0.3) is 0 Å². The van der Waals surface area contributed by atoms with Gasteiger partial charge in [-0.2, -0.15) is 0 Å². The van der Waals surface area contributed by atoms with E-state index in [0.717, 1.165) is 51.5 Å². The van der Waals surface area contributed by atoms with Crippen molar-refractivity contribution in [1.82, 2.24) is 19.6 Å². The summed E-state index contributed by atoms with van der Waals surface area (Å²) >= 11 is 0. The van der Waals surface area contributed by atoms with Gasteiger partial charge < -0.3 is 19.4 Å². The van der Waals surface area contributed by atoms with Crippen molar-refractivity contribution >= 4 is 11.9 Å². The summed E-state index contributed by atoms with van der Waals surface area (Å²) in [5, 5.41) is 0. The minimum atomic E-state index is -0.0414. The van der Waals surface area contributed by atoms with Crippen LogP contribution in [0.4, 0.5) is 0 Å². The molecule has 1 rings (SSSR count). The number of ether oxygens (including phenoxy) is 1. The first-order valence-corrected chi connectivity index (χ1v) is 30.0. The van der Waals surface area contributed by atoms with Gasteiger partial charge in [-0.1, -0.05) is 208 Å². The number of amides is 1. The van der Waals surface area contributed by atoms with Gasteiger partial charge in [-0.25, -0.2) is 0 Å². The monoisotopic (exact) mass is 931 g/mol. The maximum Gasteiger partial charge on any atom is 0.305 e. The molecule has 0 N–H and O–H groups in total. The summed E-state index contributed by atoms with van der Waals surface area (Å²) < 4.78 is 5.13. The zero-order chi connectivity index (χ0) is 48.0. The van der Waals surface area contributed by atoms with Gasteiger partial charge in [-0.3, -0.25) is 14.5 Å². The number of hydrogen-bond donors (Lipinski definition) is 0. The van der Waals surface area contributed by atoms with Crippen molar-refractivity contribution in [2.75, 3.05) is 78.6 Å². The van der Waals surface area contributed by atoms with E-state index in [-0.39, 0.29) is 5.97 Å². The lowest BCUT2D eigenvalue weighted by Gasteiger charge is -2.35. The molecule has 392 valence electrons. The Morgan fingerprint density at radius 2 is 0.833 bits per heavy atom. The lowest BCUT2D eigenvalue weighted by Crippen LogP contribution is -2.46. The maximum absolute atomic E-state index is 14.0. The molecule has 0 spiro atoms. The van der Waals surface area contributed by atoms with Crippen LogP contribution in [0.1, 0.15) is 279 Å². The van der Waals surface area contributed by atoms with Crippen molar-refractivity contribution < 1.29 is 14.3 Å². The molecule has 7 nitrogen and oxygen atoms in total. The fourth-order valence-electron chi connectivity index (χ4n) is 10.4. The van der Waals surface area contributed by atoms with Crippen LogP contribution in [0.5, 0.6) is 0 Å². The summed E-state index contributed by atoms with van der Waals surface area (Å²) in [7, 11) is 0. The number of unbranched alkanes of at least 4 members (excludes halogenated alkanes) is 27. The molecule has 1 saturated heterocycles. The van der Waals surface area contributed by atoms with Crippen LogP contribution < -0.4 is 0 Å². The van der Waals surface area contributed by atoms with E-state index in [4.69, 9.17) is 4.74 Å². The third-order valence-corrected chi connectivity index (χ3v) is 14.9. The Morgan fingerprint density at radius 3 is 1.26 bits per heavy atom. The predicted octanol–water partition coefficient (Wildman–Crippen LogP) is 16.1. The highest BCUT2D eigenvalue weighted by molar-refractivity contribution is 5.78. The van der Waals surface area contributed by atoms with Gasteiger partial charge in [-0.15, -0.1) is 0 Å². The molecule has 1 unspecified atom stereocenters. The van der Waals surface area contributed by atoms with E-state index in [1.165, 1.54) is 251 Å². The maximum atomic E-state index is 14.0. The molecule has 0 aromatic heterocycles. The summed E-state index contributed by atoms with van der Waals surface area (Å²) in [6.45, 7) is 25.9. The molecule has 0 saturated carbocycles. The first-order chi connectivity index (χ1) is 32.4. The van der Waals surface area contributed by atoms with Crippen LogP contribution in [-0.4, -0.2) is 110 Å². The largest absolute Gasteiger partial charge is 0.466 e. The van der Waals surface area contributed by atoms with E-state index in [1.54, 1.807) is 0 Å². The Morgan fingerprint density at radius 1 is 0.470 bits per heavy atom. The molecule has 1 aliphatic rings. The topological polar surface area (TPSA) is 56.3 Å². The number of likely N-dealkylation sites (tertiary alicyclic amines) is 1. The normalized spacial score (nSPS) is 14.0. The zero-order valence-electron chi connectivity index (χ0n) is 45.8. The SMILES string of the molecule is CCCCCCCCCN(CCCCCCCCC)CCN(CCCCCCCCC)CC(=O)N1CCC(CCC(C)CN(CCCCCCCCC)CCCCCCC(=O)OCC)CC1. The zero-order valence-corrected chi connectivity index (χ0v) is 45.8. The summed E-state index contributed by atoms with van der Waals surface area (Å²) in [4.78, 5) is 36.1. The molecular weight excluding hydrogens is 813 g/mol. The van der Waals surface area contributed by atoms with Crippen molar-refractivity contribution in [3.8, 4) is 0 Å². The number of rotatable bonds is 50. The molecule has 0 aliphatic carbocycles. The molecular formula is C59H118N4O3. The molecule has 1 amide bonds. The minimum absolute atomic E-state index is 0.0414. The minimum Gasteiger partial charge on any atom is -0.466 e. The van der Waals surface area contributed by atoms with Gasteiger partial charge in [0.2, 0.25) is 5.91 Å². The quantitative estimate of drug-likeness (QED) is 0.0447. The Bertz CT molecular complexity index is 1020. The van der Waals surface area contributed by atoms with Crippen molar-refractivity contribution in [3.63, 3.8) is 0 Å². The molecule has 1 atom stereocenters. The fourth-order valence-corrected chi connectivity index (χ4v) is 10.4. The predicted molar refractivity (Wildman–Crippen MR) is 289 cm³/mol.